The topological polar surface area (TPSA) is 78.6 Å². The van der Waals surface area contributed by atoms with E-state index >= 15 is 0 Å². The number of aromatic nitrogens is 2. The Hall–Kier alpha value is -2.62. The molecular weight excluding hydrogens is 397 g/mol. The Bertz CT molecular complexity index is 851. The maximum absolute atomic E-state index is 12.6. The van der Waals surface area contributed by atoms with E-state index in [1.165, 1.54) is 4.90 Å². The maximum atomic E-state index is 12.6. The van der Waals surface area contributed by atoms with Crippen LogP contribution < -0.4 is 10.6 Å². The van der Waals surface area contributed by atoms with Crippen molar-refractivity contribution < 1.29 is 17.7 Å². The Balaban J connectivity index is 1.53. The smallest absolute Gasteiger partial charge is 0.352 e. The van der Waals surface area contributed by atoms with Gasteiger partial charge in [-0.05, 0) is 30.5 Å². The van der Waals surface area contributed by atoms with Crippen LogP contribution in [0.1, 0.15) is 31.2 Å². The highest BCUT2D eigenvalue weighted by Crippen LogP contribution is 2.20. The number of aryl methyl sites for hydroxylation is 1. The third-order valence-electron chi connectivity index (χ3n) is 4.82. The van der Waals surface area contributed by atoms with Crippen molar-refractivity contribution in [3.8, 4) is 11.5 Å². The molecule has 1 aromatic heterocycles. The van der Waals surface area contributed by atoms with E-state index in [4.69, 9.17) is 4.52 Å². The average molecular weight is 424 g/mol. The Kier molecular flexibility index (Phi) is 7.30. The van der Waals surface area contributed by atoms with Crippen LogP contribution in [-0.2, 0) is 13.0 Å². The zero-order valence-electron chi connectivity index (χ0n) is 17.2. The third kappa shape index (κ3) is 6.45. The molecule has 10 heteroatoms. The number of hydrogen-bond donors (Lipinski definition) is 2. The monoisotopic (exact) mass is 424 g/mol. The van der Waals surface area contributed by atoms with Gasteiger partial charge in [0.15, 0.2) is 11.8 Å². The van der Waals surface area contributed by atoms with E-state index in [-0.39, 0.29) is 6.04 Å². The van der Waals surface area contributed by atoms with Crippen molar-refractivity contribution in [2.24, 2.45) is 4.99 Å². The SMILES string of the molecule is CCCc1noc(-c2cccc(CNC(=NC)NC3CCN(CC(F)(F)F)C3)c2)n1. The Labute approximate surface area is 173 Å². The largest absolute Gasteiger partial charge is 0.401 e. The number of benzene rings is 1. The summed E-state index contributed by atoms with van der Waals surface area (Å²) in [6.45, 7) is 2.44. The summed E-state index contributed by atoms with van der Waals surface area (Å²) < 4.78 is 43.0. The molecule has 1 fully saturated rings. The molecule has 0 bridgehead atoms. The van der Waals surface area contributed by atoms with Gasteiger partial charge in [0.1, 0.15) is 0 Å². The second kappa shape index (κ2) is 9.92. The number of guanidine groups is 1. The van der Waals surface area contributed by atoms with E-state index in [0.717, 1.165) is 24.0 Å². The van der Waals surface area contributed by atoms with Gasteiger partial charge in [0.2, 0.25) is 0 Å². The average Bonchev–Trinajstić information content (AvgIpc) is 3.34. The molecule has 1 aliphatic rings. The molecule has 7 nitrogen and oxygen atoms in total. The molecule has 0 amide bonds. The van der Waals surface area contributed by atoms with Crippen molar-refractivity contribution in [1.29, 1.82) is 0 Å². The van der Waals surface area contributed by atoms with E-state index in [2.05, 4.69) is 32.7 Å². The van der Waals surface area contributed by atoms with Crippen LogP contribution in [0.3, 0.4) is 0 Å². The molecule has 0 aliphatic carbocycles. The van der Waals surface area contributed by atoms with Gasteiger partial charge in [-0.15, -0.1) is 0 Å². The van der Waals surface area contributed by atoms with Crippen LogP contribution in [0, 0.1) is 0 Å². The normalized spacial score (nSPS) is 18.0. The summed E-state index contributed by atoms with van der Waals surface area (Å²) in [5.74, 6) is 1.73. The first-order valence-corrected chi connectivity index (χ1v) is 10.0. The summed E-state index contributed by atoms with van der Waals surface area (Å²) >= 11 is 0. The van der Waals surface area contributed by atoms with Crippen molar-refractivity contribution >= 4 is 5.96 Å². The minimum absolute atomic E-state index is 0.0692. The van der Waals surface area contributed by atoms with Gasteiger partial charge in [-0.2, -0.15) is 18.2 Å². The summed E-state index contributed by atoms with van der Waals surface area (Å²) in [5.41, 5.74) is 1.83. The molecule has 0 radical (unpaired) electrons. The first-order valence-electron chi connectivity index (χ1n) is 10.0. The zero-order chi connectivity index (χ0) is 21.6. The lowest BCUT2D eigenvalue weighted by Crippen LogP contribution is -2.44. The van der Waals surface area contributed by atoms with Gasteiger partial charge in [0.25, 0.3) is 5.89 Å². The highest BCUT2D eigenvalue weighted by Gasteiger charge is 2.34. The van der Waals surface area contributed by atoms with Crippen LogP contribution in [0.25, 0.3) is 11.5 Å². The number of nitrogens with zero attached hydrogens (tertiary/aromatic N) is 4. The molecule has 2 aromatic rings. The number of hydrogen-bond acceptors (Lipinski definition) is 5. The van der Waals surface area contributed by atoms with E-state index in [1.807, 2.05) is 24.3 Å². The van der Waals surface area contributed by atoms with Crippen LogP contribution in [0.4, 0.5) is 13.2 Å². The van der Waals surface area contributed by atoms with Crippen molar-refractivity contribution in [1.82, 2.24) is 25.7 Å². The highest BCUT2D eigenvalue weighted by molar-refractivity contribution is 5.80. The van der Waals surface area contributed by atoms with Crippen molar-refractivity contribution in [3.63, 3.8) is 0 Å². The first kappa shape index (κ1) is 22.1. The standard InChI is InChI=1S/C20H27F3N6O/c1-3-5-17-27-18(30-28-17)15-7-4-6-14(10-15)11-25-19(24-2)26-16-8-9-29(12-16)13-20(21,22)23/h4,6-7,10,16H,3,5,8-9,11-13H2,1-2H3,(H2,24,25,26). The van der Waals surface area contributed by atoms with Crippen molar-refractivity contribution in [3.05, 3.63) is 35.7 Å². The lowest BCUT2D eigenvalue weighted by molar-refractivity contribution is -0.143. The Morgan fingerprint density at radius 3 is 2.93 bits per heavy atom. The molecule has 164 valence electrons. The fourth-order valence-corrected chi connectivity index (χ4v) is 3.43. The predicted octanol–water partition coefficient (Wildman–Crippen LogP) is 2.99. The minimum Gasteiger partial charge on any atom is -0.352 e. The number of nitrogens with one attached hydrogen (secondary N) is 2. The van der Waals surface area contributed by atoms with Gasteiger partial charge in [0, 0.05) is 44.7 Å². The predicted molar refractivity (Wildman–Crippen MR) is 108 cm³/mol. The minimum atomic E-state index is -4.17. The molecule has 1 saturated heterocycles. The molecule has 1 atom stereocenters. The number of rotatable bonds is 7. The Morgan fingerprint density at radius 2 is 2.20 bits per heavy atom. The molecule has 0 spiro atoms. The summed E-state index contributed by atoms with van der Waals surface area (Å²) in [6, 6.07) is 7.68. The molecule has 1 unspecified atom stereocenters. The first-order chi connectivity index (χ1) is 14.4. The summed E-state index contributed by atoms with van der Waals surface area (Å²) in [7, 11) is 1.64. The number of aliphatic imine (C=N–C) groups is 1. The molecular formula is C20H27F3N6O. The summed E-state index contributed by atoms with van der Waals surface area (Å²) in [5, 5.41) is 10.4. The van der Waals surface area contributed by atoms with Gasteiger partial charge in [-0.25, -0.2) is 0 Å². The van der Waals surface area contributed by atoms with Gasteiger partial charge in [-0.1, -0.05) is 24.2 Å². The van der Waals surface area contributed by atoms with Gasteiger partial charge < -0.3 is 15.2 Å². The van der Waals surface area contributed by atoms with Crippen LogP contribution in [0.15, 0.2) is 33.8 Å². The lowest BCUT2D eigenvalue weighted by Gasteiger charge is -2.20. The Morgan fingerprint density at radius 1 is 1.37 bits per heavy atom. The molecule has 2 N–H and O–H groups in total. The number of likely N-dealkylation sites (tertiary alicyclic amines) is 1. The quantitative estimate of drug-likeness (QED) is 0.526. The fourth-order valence-electron chi connectivity index (χ4n) is 3.43. The van der Waals surface area contributed by atoms with Crippen LogP contribution >= 0.6 is 0 Å². The van der Waals surface area contributed by atoms with Gasteiger partial charge >= 0.3 is 6.18 Å². The lowest BCUT2D eigenvalue weighted by atomic mass is 10.1. The molecule has 2 heterocycles. The van der Waals surface area contributed by atoms with Crippen LogP contribution in [-0.4, -0.2) is 59.9 Å². The van der Waals surface area contributed by atoms with E-state index in [1.54, 1.807) is 7.05 Å². The molecule has 3 rings (SSSR count). The molecule has 1 aliphatic heterocycles. The van der Waals surface area contributed by atoms with Crippen molar-refractivity contribution in [2.45, 2.75) is 44.9 Å². The van der Waals surface area contributed by atoms with E-state index < -0.39 is 12.7 Å². The summed E-state index contributed by atoms with van der Waals surface area (Å²) in [4.78, 5) is 10.00. The van der Waals surface area contributed by atoms with E-state index in [0.29, 0.717) is 43.7 Å². The number of halogens is 3. The van der Waals surface area contributed by atoms with Gasteiger partial charge in [0.05, 0.1) is 6.54 Å². The van der Waals surface area contributed by atoms with Crippen molar-refractivity contribution in [2.75, 3.05) is 26.7 Å². The molecule has 1 aromatic carbocycles. The molecule has 30 heavy (non-hydrogen) atoms. The highest BCUT2D eigenvalue weighted by atomic mass is 19.4. The van der Waals surface area contributed by atoms with Crippen LogP contribution in [0.2, 0.25) is 0 Å². The maximum Gasteiger partial charge on any atom is 0.401 e. The van der Waals surface area contributed by atoms with Crippen LogP contribution in [0.5, 0.6) is 0 Å². The summed E-state index contributed by atoms with van der Waals surface area (Å²) in [6.07, 6.45) is -1.81. The second-order valence-corrected chi connectivity index (χ2v) is 7.37. The van der Waals surface area contributed by atoms with Gasteiger partial charge in [-0.3, -0.25) is 9.89 Å². The second-order valence-electron chi connectivity index (χ2n) is 7.37. The molecule has 0 saturated carbocycles. The van der Waals surface area contributed by atoms with E-state index in [9.17, 15) is 13.2 Å². The zero-order valence-corrected chi connectivity index (χ0v) is 17.2. The third-order valence-corrected chi connectivity index (χ3v) is 4.82. The number of alkyl halides is 3. The fraction of sp³-hybridized carbons (Fsp3) is 0.550.